The maximum absolute atomic E-state index is 12.9. The molecule has 0 bridgehead atoms. The molecule has 2 saturated carbocycles. The van der Waals surface area contributed by atoms with E-state index in [2.05, 4.69) is 24.3 Å². The van der Waals surface area contributed by atoms with E-state index < -0.39 is 0 Å². The molecule has 0 aromatic carbocycles. The molecule has 3 aliphatic rings. The van der Waals surface area contributed by atoms with Crippen molar-refractivity contribution in [2.45, 2.75) is 83.2 Å². The molecule has 1 N–H and O–H groups in total. The molecule has 6 nitrogen and oxygen atoms in total. The lowest BCUT2D eigenvalue weighted by Gasteiger charge is -2.40. The van der Waals surface area contributed by atoms with Crippen LogP contribution in [0.25, 0.3) is 0 Å². The zero-order valence-corrected chi connectivity index (χ0v) is 16.4. The van der Waals surface area contributed by atoms with Crippen molar-refractivity contribution < 1.29 is 14.1 Å². The van der Waals surface area contributed by atoms with Gasteiger partial charge in [-0.15, -0.1) is 0 Å². The van der Waals surface area contributed by atoms with E-state index in [-0.39, 0.29) is 23.9 Å². The molecule has 6 heteroatoms. The maximum Gasteiger partial charge on any atom is 0.273 e. The fourth-order valence-electron chi connectivity index (χ4n) is 4.74. The molecule has 148 valence electrons. The summed E-state index contributed by atoms with van der Waals surface area (Å²) in [5, 5.41) is 7.01. The van der Waals surface area contributed by atoms with E-state index in [1.807, 2.05) is 4.90 Å². The van der Waals surface area contributed by atoms with Crippen LogP contribution in [-0.4, -0.2) is 40.5 Å². The van der Waals surface area contributed by atoms with Crippen LogP contribution in [0.1, 0.15) is 87.4 Å². The highest BCUT2D eigenvalue weighted by molar-refractivity contribution is 5.92. The number of carbonyl (C=O) groups is 2. The van der Waals surface area contributed by atoms with Crippen LogP contribution in [0.3, 0.4) is 0 Å². The SMILES string of the molecule is C[C@H]1CCC[C@H](C(=O)N2CCC(NC(=O)c3cc(C4CC4)on3)C[C@H]2C)C1. The zero-order valence-electron chi connectivity index (χ0n) is 16.4. The van der Waals surface area contributed by atoms with E-state index in [4.69, 9.17) is 4.52 Å². The van der Waals surface area contributed by atoms with Gasteiger partial charge < -0.3 is 14.7 Å². The van der Waals surface area contributed by atoms with Gasteiger partial charge in [0.2, 0.25) is 5.91 Å². The smallest absolute Gasteiger partial charge is 0.273 e. The molecule has 3 fully saturated rings. The highest BCUT2D eigenvalue weighted by Gasteiger charge is 2.35. The van der Waals surface area contributed by atoms with Crippen LogP contribution >= 0.6 is 0 Å². The van der Waals surface area contributed by atoms with Crippen LogP contribution in [0.15, 0.2) is 10.6 Å². The van der Waals surface area contributed by atoms with Crippen molar-refractivity contribution in [1.82, 2.24) is 15.4 Å². The molecule has 4 rings (SSSR count). The van der Waals surface area contributed by atoms with Crippen molar-refractivity contribution in [3.05, 3.63) is 17.5 Å². The monoisotopic (exact) mass is 373 g/mol. The van der Waals surface area contributed by atoms with Gasteiger partial charge in [-0.3, -0.25) is 9.59 Å². The summed E-state index contributed by atoms with van der Waals surface area (Å²) in [6.07, 6.45) is 8.32. The van der Waals surface area contributed by atoms with Crippen molar-refractivity contribution in [2.24, 2.45) is 11.8 Å². The predicted molar refractivity (Wildman–Crippen MR) is 101 cm³/mol. The number of hydrogen-bond acceptors (Lipinski definition) is 4. The summed E-state index contributed by atoms with van der Waals surface area (Å²) >= 11 is 0. The Morgan fingerprint density at radius 2 is 1.96 bits per heavy atom. The van der Waals surface area contributed by atoms with Crippen LogP contribution < -0.4 is 5.32 Å². The first-order chi connectivity index (χ1) is 13.0. The van der Waals surface area contributed by atoms with Crippen LogP contribution in [-0.2, 0) is 4.79 Å². The third kappa shape index (κ3) is 4.19. The molecule has 1 aliphatic heterocycles. The Bertz CT molecular complexity index is 697. The van der Waals surface area contributed by atoms with E-state index in [9.17, 15) is 9.59 Å². The first-order valence-corrected chi connectivity index (χ1v) is 10.6. The largest absolute Gasteiger partial charge is 0.360 e. The number of aromatic nitrogens is 1. The number of hydrogen-bond donors (Lipinski definition) is 1. The Labute approximate surface area is 161 Å². The van der Waals surface area contributed by atoms with Gasteiger partial charge in [-0.1, -0.05) is 24.9 Å². The van der Waals surface area contributed by atoms with Gasteiger partial charge in [-0.2, -0.15) is 0 Å². The summed E-state index contributed by atoms with van der Waals surface area (Å²) in [6.45, 7) is 5.08. The van der Waals surface area contributed by atoms with Crippen LogP contribution in [0.5, 0.6) is 0 Å². The summed E-state index contributed by atoms with van der Waals surface area (Å²) in [5.41, 5.74) is 0.374. The molecule has 1 aromatic rings. The maximum atomic E-state index is 12.9. The number of piperidine rings is 1. The van der Waals surface area contributed by atoms with E-state index in [1.54, 1.807) is 6.07 Å². The van der Waals surface area contributed by atoms with Crippen LogP contribution in [0, 0.1) is 11.8 Å². The number of nitrogens with one attached hydrogen (secondary N) is 1. The van der Waals surface area contributed by atoms with Gasteiger partial charge in [0.15, 0.2) is 5.69 Å². The highest BCUT2D eigenvalue weighted by atomic mass is 16.5. The Hall–Kier alpha value is -1.85. The number of likely N-dealkylation sites (tertiary alicyclic amines) is 1. The Morgan fingerprint density at radius 3 is 2.67 bits per heavy atom. The van der Waals surface area contributed by atoms with Crippen molar-refractivity contribution in [3.8, 4) is 0 Å². The summed E-state index contributed by atoms with van der Waals surface area (Å²) in [7, 11) is 0. The Morgan fingerprint density at radius 1 is 1.15 bits per heavy atom. The number of carbonyl (C=O) groups excluding carboxylic acids is 2. The molecule has 2 heterocycles. The number of amides is 2. The lowest BCUT2D eigenvalue weighted by Crippen LogP contribution is -2.52. The molecule has 1 unspecified atom stereocenters. The van der Waals surface area contributed by atoms with E-state index >= 15 is 0 Å². The molecular formula is C21H31N3O3. The van der Waals surface area contributed by atoms with Gasteiger partial charge in [0.25, 0.3) is 5.91 Å². The topological polar surface area (TPSA) is 75.4 Å². The second kappa shape index (κ2) is 7.64. The summed E-state index contributed by atoms with van der Waals surface area (Å²) in [5.74, 6) is 2.29. The van der Waals surface area contributed by atoms with Gasteiger partial charge in [-0.05, 0) is 51.4 Å². The number of rotatable bonds is 4. The van der Waals surface area contributed by atoms with E-state index in [0.29, 0.717) is 23.4 Å². The standard InChI is InChI=1S/C21H31N3O3/c1-13-4-3-5-16(10-13)21(26)24-9-8-17(11-14(24)2)22-20(25)18-12-19(27-23-18)15-6-7-15/h12-17H,3-11H2,1-2H3,(H,22,25)/t13-,14+,16-,17?/m0/s1. The first-order valence-electron chi connectivity index (χ1n) is 10.6. The Kier molecular flexibility index (Phi) is 5.24. The van der Waals surface area contributed by atoms with Gasteiger partial charge >= 0.3 is 0 Å². The quantitative estimate of drug-likeness (QED) is 0.877. The van der Waals surface area contributed by atoms with Crippen molar-refractivity contribution in [2.75, 3.05) is 6.54 Å². The van der Waals surface area contributed by atoms with Gasteiger partial charge in [-0.25, -0.2) is 0 Å². The molecule has 1 saturated heterocycles. The van der Waals surface area contributed by atoms with Crippen molar-refractivity contribution in [3.63, 3.8) is 0 Å². The second-order valence-corrected chi connectivity index (χ2v) is 8.93. The summed E-state index contributed by atoms with van der Waals surface area (Å²) in [4.78, 5) is 27.5. The molecule has 0 radical (unpaired) electrons. The van der Waals surface area contributed by atoms with Crippen LogP contribution in [0.2, 0.25) is 0 Å². The molecule has 27 heavy (non-hydrogen) atoms. The molecule has 2 aliphatic carbocycles. The first kappa shape index (κ1) is 18.5. The third-order valence-electron chi connectivity index (χ3n) is 6.52. The van der Waals surface area contributed by atoms with E-state index in [1.165, 1.54) is 12.8 Å². The van der Waals surface area contributed by atoms with Gasteiger partial charge in [0, 0.05) is 36.5 Å². The third-order valence-corrected chi connectivity index (χ3v) is 6.52. The fraction of sp³-hybridized carbons (Fsp3) is 0.762. The van der Waals surface area contributed by atoms with Gasteiger partial charge in [0.1, 0.15) is 5.76 Å². The molecular weight excluding hydrogens is 342 g/mol. The minimum atomic E-state index is -0.163. The van der Waals surface area contributed by atoms with E-state index in [0.717, 1.165) is 50.8 Å². The number of nitrogens with zero attached hydrogens (tertiary/aromatic N) is 2. The normalized spacial score (nSPS) is 31.6. The molecule has 2 amide bonds. The average Bonchev–Trinajstić information content (AvgIpc) is 3.38. The molecule has 0 spiro atoms. The molecule has 1 aromatic heterocycles. The minimum Gasteiger partial charge on any atom is -0.360 e. The summed E-state index contributed by atoms with van der Waals surface area (Å²) in [6, 6.07) is 2.02. The average molecular weight is 373 g/mol. The minimum absolute atomic E-state index is 0.0860. The van der Waals surface area contributed by atoms with Crippen molar-refractivity contribution >= 4 is 11.8 Å². The summed E-state index contributed by atoms with van der Waals surface area (Å²) < 4.78 is 5.28. The highest BCUT2D eigenvalue weighted by Crippen LogP contribution is 2.40. The zero-order chi connectivity index (χ0) is 19.0. The predicted octanol–water partition coefficient (Wildman–Crippen LogP) is 3.49. The lowest BCUT2D eigenvalue weighted by atomic mass is 9.81. The fourth-order valence-corrected chi connectivity index (χ4v) is 4.74. The second-order valence-electron chi connectivity index (χ2n) is 8.93. The molecule has 4 atom stereocenters. The van der Waals surface area contributed by atoms with Crippen molar-refractivity contribution in [1.29, 1.82) is 0 Å². The van der Waals surface area contributed by atoms with Gasteiger partial charge in [0.05, 0.1) is 0 Å². The Balaban J connectivity index is 1.30. The lowest BCUT2D eigenvalue weighted by molar-refractivity contribution is -0.140. The van der Waals surface area contributed by atoms with Crippen LogP contribution in [0.4, 0.5) is 0 Å².